The molecule has 3 aromatic carbocycles. The number of hydrogen-bond acceptors (Lipinski definition) is 7. The minimum atomic E-state index is -0.869. The normalized spacial score (nSPS) is 16.5. The Kier molecular flexibility index (Phi) is 8.69. The third kappa shape index (κ3) is 5.98. The van der Waals surface area contributed by atoms with Gasteiger partial charge in [-0.25, -0.2) is 4.98 Å². The summed E-state index contributed by atoms with van der Waals surface area (Å²) in [5.41, 5.74) is 2.89. The number of carbonyl (C=O) groups is 2. The summed E-state index contributed by atoms with van der Waals surface area (Å²) in [7, 11) is 0. The maximum absolute atomic E-state index is 13.6. The van der Waals surface area contributed by atoms with E-state index in [4.69, 9.17) is 14.5 Å². The molecule has 1 aromatic heterocycles. The van der Waals surface area contributed by atoms with E-state index in [9.17, 15) is 14.7 Å². The number of unbranched alkanes of at least 4 members (excludes halogenated alkanes) is 2. The van der Waals surface area contributed by atoms with Crippen LogP contribution in [-0.2, 0) is 9.59 Å². The van der Waals surface area contributed by atoms with Gasteiger partial charge in [-0.1, -0.05) is 68.4 Å². The van der Waals surface area contributed by atoms with Crippen LogP contribution >= 0.6 is 11.3 Å². The minimum Gasteiger partial charge on any atom is -0.507 e. The van der Waals surface area contributed by atoms with Gasteiger partial charge in [0.15, 0.2) is 5.13 Å². The van der Waals surface area contributed by atoms with Crippen molar-refractivity contribution in [1.29, 1.82) is 0 Å². The SMILES string of the molecule is CCCCCOc1ccc(C2/C(=C(\O)c3cccc(OCCC)c3)C(=O)C(=O)N2c2nc3ccc(C)cc3s2)cc1. The predicted octanol–water partition coefficient (Wildman–Crippen LogP) is 7.59. The van der Waals surface area contributed by atoms with Crippen LogP contribution in [0.3, 0.4) is 0 Å². The highest BCUT2D eigenvalue weighted by Crippen LogP contribution is 2.44. The summed E-state index contributed by atoms with van der Waals surface area (Å²) in [4.78, 5) is 33.3. The van der Waals surface area contributed by atoms with E-state index < -0.39 is 17.7 Å². The van der Waals surface area contributed by atoms with Crippen molar-refractivity contribution in [3.05, 3.63) is 89.0 Å². The molecule has 2 heterocycles. The van der Waals surface area contributed by atoms with Gasteiger partial charge in [-0.3, -0.25) is 14.5 Å². The Morgan fingerprint density at radius 1 is 0.927 bits per heavy atom. The number of aliphatic hydroxyl groups excluding tert-OH is 1. The number of ether oxygens (including phenoxy) is 2. The molecule has 1 N–H and O–H groups in total. The van der Waals surface area contributed by atoms with Crippen LogP contribution in [0.25, 0.3) is 16.0 Å². The maximum atomic E-state index is 13.6. The van der Waals surface area contributed by atoms with Crippen LogP contribution in [0.4, 0.5) is 5.13 Å². The Morgan fingerprint density at radius 3 is 2.46 bits per heavy atom. The average Bonchev–Trinajstić information content (AvgIpc) is 3.51. The number of carbonyl (C=O) groups excluding carboxylic acids is 2. The minimum absolute atomic E-state index is 0.00897. The van der Waals surface area contributed by atoms with E-state index in [1.807, 2.05) is 56.3 Å². The number of aryl methyl sites for hydroxylation is 1. The van der Waals surface area contributed by atoms with Crippen molar-refractivity contribution in [3.63, 3.8) is 0 Å². The fourth-order valence-corrected chi connectivity index (χ4v) is 5.96. The number of aromatic nitrogens is 1. The third-order valence-corrected chi connectivity index (χ3v) is 7.99. The molecule has 1 atom stereocenters. The number of rotatable bonds is 11. The largest absolute Gasteiger partial charge is 0.507 e. The van der Waals surface area contributed by atoms with Gasteiger partial charge in [0.1, 0.15) is 17.3 Å². The second kappa shape index (κ2) is 12.6. The molecule has 0 spiro atoms. The molecule has 1 aliphatic rings. The summed E-state index contributed by atoms with van der Waals surface area (Å²) in [5, 5.41) is 11.9. The van der Waals surface area contributed by atoms with Gasteiger partial charge in [0.25, 0.3) is 5.78 Å². The molecule has 0 bridgehead atoms. The van der Waals surface area contributed by atoms with Crippen LogP contribution in [0, 0.1) is 6.92 Å². The van der Waals surface area contributed by atoms with Gasteiger partial charge in [0.05, 0.1) is 35.0 Å². The first kappa shape index (κ1) is 28.4. The second-order valence-corrected chi connectivity index (χ2v) is 11.1. The summed E-state index contributed by atoms with van der Waals surface area (Å²) in [6.45, 7) is 7.30. The zero-order chi connectivity index (χ0) is 28.9. The number of aliphatic hydroxyl groups is 1. The smallest absolute Gasteiger partial charge is 0.301 e. The molecule has 0 saturated carbocycles. The van der Waals surface area contributed by atoms with Crippen molar-refractivity contribution in [2.45, 2.75) is 52.5 Å². The van der Waals surface area contributed by atoms with Gasteiger partial charge < -0.3 is 14.6 Å². The lowest BCUT2D eigenvalue weighted by molar-refractivity contribution is -0.132. The van der Waals surface area contributed by atoms with E-state index in [1.165, 1.54) is 16.2 Å². The van der Waals surface area contributed by atoms with Crippen molar-refractivity contribution in [3.8, 4) is 11.5 Å². The molecule has 4 aromatic rings. The Bertz CT molecular complexity index is 1590. The number of ketones is 1. The molecule has 41 heavy (non-hydrogen) atoms. The quantitative estimate of drug-likeness (QED) is 0.0865. The molecule has 1 fully saturated rings. The summed E-state index contributed by atoms with van der Waals surface area (Å²) < 4.78 is 12.5. The van der Waals surface area contributed by atoms with E-state index in [-0.39, 0.29) is 11.3 Å². The molecular formula is C33H34N2O5S. The lowest BCUT2D eigenvalue weighted by Crippen LogP contribution is -2.29. The molecule has 1 saturated heterocycles. The van der Waals surface area contributed by atoms with Crippen LogP contribution in [0.2, 0.25) is 0 Å². The third-order valence-electron chi connectivity index (χ3n) is 6.98. The van der Waals surface area contributed by atoms with Crippen molar-refractivity contribution < 1.29 is 24.2 Å². The Labute approximate surface area is 244 Å². The molecule has 1 unspecified atom stereocenters. The fraction of sp³-hybridized carbons (Fsp3) is 0.303. The van der Waals surface area contributed by atoms with Gasteiger partial charge >= 0.3 is 5.91 Å². The summed E-state index contributed by atoms with van der Waals surface area (Å²) in [6.07, 6.45) is 4.01. The van der Waals surface area contributed by atoms with Crippen molar-refractivity contribution in [2.75, 3.05) is 18.1 Å². The summed E-state index contributed by atoms with van der Waals surface area (Å²) >= 11 is 1.35. The Morgan fingerprint density at radius 2 is 1.71 bits per heavy atom. The number of fused-ring (bicyclic) bond motifs is 1. The first-order valence-electron chi connectivity index (χ1n) is 14.1. The lowest BCUT2D eigenvalue weighted by atomic mass is 9.95. The van der Waals surface area contributed by atoms with Crippen LogP contribution < -0.4 is 14.4 Å². The van der Waals surface area contributed by atoms with Crippen molar-refractivity contribution in [1.82, 2.24) is 4.98 Å². The molecule has 1 aliphatic heterocycles. The number of nitrogens with zero attached hydrogens (tertiary/aromatic N) is 2. The predicted molar refractivity (Wildman–Crippen MR) is 163 cm³/mol. The van der Waals surface area contributed by atoms with Gasteiger partial charge in [0.2, 0.25) is 0 Å². The maximum Gasteiger partial charge on any atom is 0.301 e. The highest BCUT2D eigenvalue weighted by molar-refractivity contribution is 7.22. The molecule has 212 valence electrons. The highest BCUT2D eigenvalue weighted by atomic mass is 32.1. The molecular weight excluding hydrogens is 536 g/mol. The van der Waals surface area contributed by atoms with Crippen LogP contribution in [-0.4, -0.2) is 35.0 Å². The van der Waals surface area contributed by atoms with E-state index in [2.05, 4.69) is 6.92 Å². The van der Waals surface area contributed by atoms with Crippen molar-refractivity contribution >= 4 is 44.1 Å². The number of hydrogen-bond donors (Lipinski definition) is 1. The first-order chi connectivity index (χ1) is 19.9. The van der Waals surface area contributed by atoms with Gasteiger partial charge in [0, 0.05) is 5.56 Å². The zero-order valence-corrected chi connectivity index (χ0v) is 24.4. The number of benzene rings is 3. The number of Topliss-reactive ketones (excluding diaryl/α,β-unsaturated/α-hetero) is 1. The Hall–Kier alpha value is -4.17. The van der Waals surface area contributed by atoms with Crippen LogP contribution in [0.15, 0.2) is 72.3 Å². The van der Waals surface area contributed by atoms with Crippen LogP contribution in [0.1, 0.15) is 62.3 Å². The van der Waals surface area contributed by atoms with Crippen molar-refractivity contribution in [2.24, 2.45) is 0 Å². The van der Waals surface area contributed by atoms with Gasteiger partial charge in [-0.2, -0.15) is 0 Å². The van der Waals surface area contributed by atoms with Gasteiger partial charge in [-0.05, 0) is 67.3 Å². The fourth-order valence-electron chi connectivity index (χ4n) is 4.86. The first-order valence-corrected chi connectivity index (χ1v) is 14.9. The Balaban J connectivity index is 1.59. The van der Waals surface area contributed by atoms with E-state index in [0.29, 0.717) is 41.0 Å². The summed E-state index contributed by atoms with van der Waals surface area (Å²) in [5.74, 6) is -0.464. The highest BCUT2D eigenvalue weighted by Gasteiger charge is 2.48. The van der Waals surface area contributed by atoms with E-state index in [1.54, 1.807) is 24.3 Å². The van der Waals surface area contributed by atoms with Crippen LogP contribution in [0.5, 0.6) is 11.5 Å². The molecule has 1 amide bonds. The molecule has 5 rings (SSSR count). The summed E-state index contributed by atoms with van der Waals surface area (Å²) in [6, 6.07) is 19.3. The van der Waals surface area contributed by atoms with Gasteiger partial charge in [-0.15, -0.1) is 0 Å². The molecule has 0 radical (unpaired) electrons. The zero-order valence-electron chi connectivity index (χ0n) is 23.6. The molecule has 8 heteroatoms. The average molecular weight is 571 g/mol. The number of amides is 1. The van der Waals surface area contributed by atoms with E-state index in [0.717, 1.165) is 41.5 Å². The topological polar surface area (TPSA) is 89.0 Å². The standard InChI is InChI=1S/C33H34N2O5S/c1-4-6-7-18-40-24-14-12-22(13-15-24)29-28(30(36)23-9-8-10-25(20-23)39-17-5-2)31(37)32(38)35(29)33-34-26-16-11-21(3)19-27(26)41-33/h8-16,19-20,29,36H,4-7,17-18H2,1-3H3/b30-28+. The van der Waals surface area contributed by atoms with E-state index >= 15 is 0 Å². The monoisotopic (exact) mass is 570 g/mol. The second-order valence-electron chi connectivity index (χ2n) is 10.1. The molecule has 0 aliphatic carbocycles. The lowest BCUT2D eigenvalue weighted by Gasteiger charge is -2.23. The number of thiazole rings is 1. The number of anilines is 1. The molecule has 7 nitrogen and oxygen atoms in total.